The van der Waals surface area contributed by atoms with Gasteiger partial charge in [0.05, 0.1) is 5.92 Å². The number of ether oxygens (including phenoxy) is 1. The highest BCUT2D eigenvalue weighted by Crippen LogP contribution is 2.24. The quantitative estimate of drug-likeness (QED) is 0.251. The van der Waals surface area contributed by atoms with Crippen LogP contribution < -0.4 is 5.32 Å². The van der Waals surface area contributed by atoms with Gasteiger partial charge in [0.2, 0.25) is 11.8 Å². The Labute approximate surface area is 263 Å². The van der Waals surface area contributed by atoms with Gasteiger partial charge in [-0.25, -0.2) is 9.59 Å². The van der Waals surface area contributed by atoms with E-state index in [0.717, 1.165) is 21.9 Å². The lowest BCUT2D eigenvalue weighted by atomic mass is 9.96. The summed E-state index contributed by atoms with van der Waals surface area (Å²) in [6, 6.07) is 22.7. The van der Waals surface area contributed by atoms with Crippen LogP contribution in [0.2, 0.25) is 0 Å². The number of likely N-dealkylation sites (tertiary alicyclic amines) is 1. The van der Waals surface area contributed by atoms with Crippen LogP contribution in [-0.4, -0.2) is 63.2 Å². The van der Waals surface area contributed by atoms with Crippen LogP contribution >= 0.6 is 0 Å². The number of hydrogen-bond acceptors (Lipinski definition) is 7. The number of benzene rings is 3. The van der Waals surface area contributed by atoms with Crippen molar-refractivity contribution in [2.45, 2.75) is 65.0 Å². The molecule has 0 bridgehead atoms. The van der Waals surface area contributed by atoms with E-state index in [0.29, 0.717) is 38.1 Å². The molecule has 0 spiro atoms. The Morgan fingerprint density at radius 1 is 1.02 bits per heavy atom. The van der Waals surface area contributed by atoms with E-state index in [1.54, 1.807) is 11.8 Å². The Balaban J connectivity index is 1.38. The number of imide groups is 1. The normalized spacial score (nSPS) is 15.8. The van der Waals surface area contributed by atoms with Gasteiger partial charge in [-0.1, -0.05) is 78.0 Å². The summed E-state index contributed by atoms with van der Waals surface area (Å²) in [6.07, 6.45) is 1.61. The minimum Gasteiger partial charge on any atom is -0.444 e. The molecule has 1 aliphatic heterocycles. The van der Waals surface area contributed by atoms with Crippen molar-refractivity contribution in [2.75, 3.05) is 19.6 Å². The second-order valence-corrected chi connectivity index (χ2v) is 12.6. The van der Waals surface area contributed by atoms with Crippen LogP contribution in [0.4, 0.5) is 9.59 Å². The van der Waals surface area contributed by atoms with Crippen molar-refractivity contribution in [1.29, 1.82) is 0 Å². The largest absolute Gasteiger partial charge is 0.444 e. The zero-order chi connectivity index (χ0) is 32.0. The van der Waals surface area contributed by atoms with Crippen LogP contribution in [0.5, 0.6) is 0 Å². The maximum absolute atomic E-state index is 14.1. The predicted molar refractivity (Wildman–Crippen MR) is 170 cm³/mol. The average molecular weight is 612 g/mol. The highest BCUT2D eigenvalue weighted by Gasteiger charge is 2.36. The fraction of sp³-hybridized carbons (Fsp3) is 0.400. The summed E-state index contributed by atoms with van der Waals surface area (Å²) in [5.41, 5.74) is 1.32. The number of aryl methyl sites for hydroxylation is 1. The number of nitrogens with one attached hydrogen (secondary N) is 1. The molecule has 45 heavy (non-hydrogen) atoms. The molecule has 1 aromatic heterocycles. The van der Waals surface area contributed by atoms with E-state index in [1.165, 1.54) is 4.90 Å². The highest BCUT2D eigenvalue weighted by molar-refractivity contribution is 5.96. The minimum atomic E-state index is -0.652. The molecular formula is C35H41N5O5. The lowest BCUT2D eigenvalue weighted by Crippen LogP contribution is -2.52. The number of fused-ring (bicyclic) bond motifs is 1. The topological polar surface area (TPSA) is 118 Å². The third kappa shape index (κ3) is 8.47. The van der Waals surface area contributed by atoms with Crippen molar-refractivity contribution in [1.82, 2.24) is 25.3 Å². The van der Waals surface area contributed by atoms with Gasteiger partial charge in [-0.3, -0.25) is 9.69 Å². The van der Waals surface area contributed by atoms with E-state index in [2.05, 4.69) is 21.5 Å². The third-order valence-electron chi connectivity index (χ3n) is 7.79. The van der Waals surface area contributed by atoms with Gasteiger partial charge in [0.1, 0.15) is 11.6 Å². The molecule has 2 heterocycles. The molecule has 4 amide bonds. The van der Waals surface area contributed by atoms with Gasteiger partial charge < -0.3 is 19.5 Å². The maximum Gasteiger partial charge on any atom is 0.410 e. The Hall–Kier alpha value is -4.73. The van der Waals surface area contributed by atoms with Crippen LogP contribution in [0.15, 0.2) is 77.3 Å². The molecule has 10 heteroatoms. The van der Waals surface area contributed by atoms with Crippen molar-refractivity contribution in [3.63, 3.8) is 0 Å². The van der Waals surface area contributed by atoms with E-state index in [1.807, 2.05) is 87.5 Å². The van der Waals surface area contributed by atoms with E-state index in [-0.39, 0.29) is 24.9 Å². The predicted octanol–water partition coefficient (Wildman–Crippen LogP) is 6.24. The first kappa shape index (κ1) is 31.7. The summed E-state index contributed by atoms with van der Waals surface area (Å²) in [6.45, 7) is 7.99. The highest BCUT2D eigenvalue weighted by atomic mass is 16.6. The summed E-state index contributed by atoms with van der Waals surface area (Å²) in [5, 5.41) is 9.14. The number of carbonyl (C=O) groups excluding carboxylic acids is 3. The molecule has 3 aromatic carbocycles. The molecule has 1 aliphatic rings. The van der Waals surface area contributed by atoms with Crippen LogP contribution in [0, 0.1) is 12.8 Å². The molecule has 0 aliphatic carbocycles. The van der Waals surface area contributed by atoms with Gasteiger partial charge in [-0.2, -0.15) is 4.98 Å². The van der Waals surface area contributed by atoms with Crippen molar-refractivity contribution in [3.05, 3.63) is 95.6 Å². The molecule has 5 rings (SSSR count). The SMILES string of the molecule is Cc1noc([C@@H](Cc2ccccc2)NC(=O)N(CCc2ccc3ccccc3c2)C(=O)C2CCCN(C(=O)OC(C)(C)C)C2)n1. The Kier molecular flexibility index (Phi) is 9.80. The van der Waals surface area contributed by atoms with Crippen molar-refractivity contribution in [2.24, 2.45) is 5.92 Å². The van der Waals surface area contributed by atoms with Crippen molar-refractivity contribution in [3.8, 4) is 0 Å². The van der Waals surface area contributed by atoms with Gasteiger partial charge in [0, 0.05) is 26.1 Å². The van der Waals surface area contributed by atoms with Gasteiger partial charge in [-0.15, -0.1) is 0 Å². The lowest BCUT2D eigenvalue weighted by molar-refractivity contribution is -0.134. The van der Waals surface area contributed by atoms with Crippen molar-refractivity contribution >= 4 is 28.8 Å². The summed E-state index contributed by atoms with van der Waals surface area (Å²) < 4.78 is 11.0. The smallest absolute Gasteiger partial charge is 0.410 e. The third-order valence-corrected chi connectivity index (χ3v) is 7.79. The van der Waals surface area contributed by atoms with Gasteiger partial charge >= 0.3 is 12.1 Å². The van der Waals surface area contributed by atoms with Crippen LogP contribution in [0.1, 0.15) is 62.5 Å². The molecule has 0 saturated carbocycles. The number of carbonyl (C=O) groups is 3. The monoisotopic (exact) mass is 611 g/mol. The molecule has 2 atom stereocenters. The molecule has 1 saturated heterocycles. The van der Waals surface area contributed by atoms with Gasteiger partial charge in [0.15, 0.2) is 5.82 Å². The molecule has 236 valence electrons. The molecule has 1 unspecified atom stereocenters. The number of urea groups is 1. The minimum absolute atomic E-state index is 0.160. The molecule has 1 fully saturated rings. The molecular weight excluding hydrogens is 570 g/mol. The molecule has 0 radical (unpaired) electrons. The summed E-state index contributed by atoms with van der Waals surface area (Å²) in [7, 11) is 0. The second kappa shape index (κ2) is 13.9. The fourth-order valence-electron chi connectivity index (χ4n) is 5.57. The number of piperidine rings is 1. The standard InChI is InChI=1S/C35H41N5O5/c1-24-36-31(45-38-24)30(22-25-11-6-5-7-12-25)37-33(42)40(20-18-26-16-17-27-13-8-9-14-28(27)21-26)32(41)29-15-10-19-39(23-29)34(43)44-35(2,3)4/h5-9,11-14,16-17,21,29-30H,10,15,18-20,22-23H2,1-4H3,(H,37,42)/t29?,30-/m1/s1. The Morgan fingerprint density at radius 2 is 1.76 bits per heavy atom. The number of nitrogens with zero attached hydrogens (tertiary/aromatic N) is 4. The molecule has 10 nitrogen and oxygen atoms in total. The second-order valence-electron chi connectivity index (χ2n) is 12.6. The summed E-state index contributed by atoms with van der Waals surface area (Å²) >= 11 is 0. The van der Waals surface area contributed by atoms with Crippen molar-refractivity contribution < 1.29 is 23.6 Å². The first-order valence-electron chi connectivity index (χ1n) is 15.5. The van der Waals surface area contributed by atoms with Crippen LogP contribution in [0.25, 0.3) is 10.8 Å². The van der Waals surface area contributed by atoms with E-state index in [9.17, 15) is 14.4 Å². The zero-order valence-electron chi connectivity index (χ0n) is 26.4. The zero-order valence-corrected chi connectivity index (χ0v) is 26.4. The number of amides is 4. The van der Waals surface area contributed by atoms with Crippen LogP contribution in [-0.2, 0) is 22.4 Å². The Morgan fingerprint density at radius 3 is 2.47 bits per heavy atom. The van der Waals surface area contributed by atoms with Gasteiger partial charge in [0.25, 0.3) is 0 Å². The Bertz CT molecular complexity index is 1630. The number of hydrogen-bond donors (Lipinski definition) is 1. The number of rotatable bonds is 8. The maximum atomic E-state index is 14.1. The first-order chi connectivity index (χ1) is 21.6. The van der Waals surface area contributed by atoms with E-state index >= 15 is 0 Å². The molecule has 4 aromatic rings. The van der Waals surface area contributed by atoms with E-state index < -0.39 is 29.7 Å². The lowest BCUT2D eigenvalue weighted by Gasteiger charge is -2.35. The summed E-state index contributed by atoms with van der Waals surface area (Å²) in [5.74, 6) is -0.167. The fourth-order valence-corrected chi connectivity index (χ4v) is 5.57. The van der Waals surface area contributed by atoms with Crippen LogP contribution in [0.3, 0.4) is 0 Å². The van der Waals surface area contributed by atoms with Gasteiger partial charge in [-0.05, 0) is 68.9 Å². The first-order valence-corrected chi connectivity index (χ1v) is 15.5. The summed E-state index contributed by atoms with van der Waals surface area (Å²) in [4.78, 5) is 48.3. The van der Waals surface area contributed by atoms with E-state index in [4.69, 9.17) is 9.26 Å². The molecule has 1 N–H and O–H groups in total. The average Bonchev–Trinajstić information content (AvgIpc) is 3.46. The number of aromatic nitrogens is 2.